The number of carbonyl (C=O) groups excluding carboxylic acids is 1. The van der Waals surface area contributed by atoms with E-state index in [1.165, 1.54) is 42.6 Å². The van der Waals surface area contributed by atoms with Gasteiger partial charge in [-0.2, -0.15) is 0 Å². The van der Waals surface area contributed by atoms with Crippen molar-refractivity contribution in [3.05, 3.63) is 53.4 Å². The SMILES string of the molecule is CN(C)C(=O)c1nccc(Nc2c(NC3c4sc(Cl)nc4CCC3(C)C)c(=O)c2=O)c1O. The number of nitrogens with zero attached hydrogens (tertiary/aromatic N) is 3. The number of halogens is 1. The fourth-order valence-corrected chi connectivity index (χ4v) is 5.24. The molecule has 168 valence electrons. The van der Waals surface area contributed by atoms with Crippen LogP contribution in [-0.2, 0) is 6.42 Å². The van der Waals surface area contributed by atoms with Crippen molar-refractivity contribution in [2.45, 2.75) is 32.7 Å². The number of rotatable bonds is 5. The lowest BCUT2D eigenvalue weighted by molar-refractivity contribution is 0.0819. The first kappa shape index (κ1) is 22.2. The molecule has 2 aromatic heterocycles. The van der Waals surface area contributed by atoms with Gasteiger partial charge in [0.25, 0.3) is 16.8 Å². The van der Waals surface area contributed by atoms with Crippen molar-refractivity contribution in [3.63, 3.8) is 0 Å². The monoisotopic (exact) mass is 475 g/mol. The second-order valence-electron chi connectivity index (χ2n) is 8.63. The third-order valence-electron chi connectivity index (χ3n) is 5.74. The quantitative estimate of drug-likeness (QED) is 0.481. The van der Waals surface area contributed by atoms with E-state index in [-0.39, 0.29) is 34.2 Å². The fourth-order valence-electron chi connectivity index (χ4n) is 3.79. The van der Waals surface area contributed by atoms with Gasteiger partial charge in [-0.1, -0.05) is 25.4 Å². The third-order valence-corrected chi connectivity index (χ3v) is 7.01. The maximum absolute atomic E-state index is 12.4. The molecular weight excluding hydrogens is 454 g/mol. The van der Waals surface area contributed by atoms with Crippen molar-refractivity contribution in [2.75, 3.05) is 24.7 Å². The second-order valence-corrected chi connectivity index (χ2v) is 10.2. The van der Waals surface area contributed by atoms with Gasteiger partial charge in [0, 0.05) is 20.3 Å². The van der Waals surface area contributed by atoms with Crippen LogP contribution in [0, 0.1) is 5.41 Å². The van der Waals surface area contributed by atoms with E-state index >= 15 is 0 Å². The van der Waals surface area contributed by atoms with Crippen LogP contribution in [0.2, 0.25) is 4.47 Å². The Morgan fingerprint density at radius 2 is 1.97 bits per heavy atom. The van der Waals surface area contributed by atoms with E-state index in [0.29, 0.717) is 4.47 Å². The summed E-state index contributed by atoms with van der Waals surface area (Å²) in [4.78, 5) is 47.5. The van der Waals surface area contributed by atoms with Crippen LogP contribution in [0.1, 0.15) is 47.4 Å². The maximum atomic E-state index is 12.4. The number of hydrogen-bond donors (Lipinski definition) is 3. The summed E-state index contributed by atoms with van der Waals surface area (Å²) in [7, 11) is 3.07. The van der Waals surface area contributed by atoms with Crippen molar-refractivity contribution in [2.24, 2.45) is 5.41 Å². The second kappa shape index (κ2) is 7.86. The molecule has 4 rings (SSSR count). The summed E-state index contributed by atoms with van der Waals surface area (Å²) in [6, 6.07) is 1.16. The molecule has 32 heavy (non-hydrogen) atoms. The standard InChI is InChI=1S/C21H22ClN5O4S/c1-21(2)7-5-10-17(32-20(22)25-10)18(21)26-12-11(15(29)16(12)30)24-9-6-8-23-13(14(9)28)19(31)27(3)4/h6,8,18,26,28H,5,7H2,1-4H3,(H,23,24). The van der Waals surface area contributed by atoms with Crippen LogP contribution in [0.3, 0.4) is 0 Å². The molecule has 3 N–H and O–H groups in total. The van der Waals surface area contributed by atoms with Gasteiger partial charge >= 0.3 is 0 Å². The molecule has 3 aromatic rings. The van der Waals surface area contributed by atoms with Crippen LogP contribution in [0.15, 0.2) is 21.9 Å². The van der Waals surface area contributed by atoms with Crippen LogP contribution in [0.4, 0.5) is 17.1 Å². The maximum Gasteiger partial charge on any atom is 0.275 e. The Balaban J connectivity index is 1.68. The number of carbonyl (C=O) groups is 1. The van der Waals surface area contributed by atoms with Gasteiger partial charge in [-0.15, -0.1) is 11.3 Å². The van der Waals surface area contributed by atoms with E-state index in [9.17, 15) is 19.5 Å². The minimum absolute atomic E-state index is 0.0262. The Morgan fingerprint density at radius 3 is 2.66 bits per heavy atom. The van der Waals surface area contributed by atoms with Gasteiger partial charge in [0.1, 0.15) is 11.4 Å². The number of thiazole rings is 1. The highest BCUT2D eigenvalue weighted by molar-refractivity contribution is 7.16. The summed E-state index contributed by atoms with van der Waals surface area (Å²) in [5.74, 6) is -0.896. The molecule has 1 atom stereocenters. The van der Waals surface area contributed by atoms with E-state index < -0.39 is 22.5 Å². The minimum atomic E-state index is -0.708. The molecule has 2 heterocycles. The molecule has 0 spiro atoms. The van der Waals surface area contributed by atoms with Crippen molar-refractivity contribution >= 4 is 45.9 Å². The molecule has 1 amide bonds. The number of nitrogens with one attached hydrogen (secondary N) is 2. The lowest BCUT2D eigenvalue weighted by Crippen LogP contribution is -2.41. The molecule has 9 nitrogen and oxygen atoms in total. The first-order valence-electron chi connectivity index (χ1n) is 9.93. The number of fused-ring (bicyclic) bond motifs is 1. The zero-order chi connectivity index (χ0) is 23.4. The van der Waals surface area contributed by atoms with E-state index in [2.05, 4.69) is 34.4 Å². The molecule has 1 aromatic carbocycles. The molecule has 0 bridgehead atoms. The van der Waals surface area contributed by atoms with Gasteiger partial charge in [0.05, 0.1) is 22.3 Å². The van der Waals surface area contributed by atoms with Gasteiger partial charge in [-0.3, -0.25) is 14.4 Å². The molecule has 1 unspecified atom stereocenters. The van der Waals surface area contributed by atoms with Gasteiger partial charge in [-0.05, 0) is 24.3 Å². The molecule has 1 aliphatic carbocycles. The molecule has 0 saturated carbocycles. The lowest BCUT2D eigenvalue weighted by atomic mass is 9.74. The summed E-state index contributed by atoms with van der Waals surface area (Å²) >= 11 is 7.49. The van der Waals surface area contributed by atoms with Crippen molar-refractivity contribution < 1.29 is 9.90 Å². The van der Waals surface area contributed by atoms with Crippen molar-refractivity contribution in [1.82, 2.24) is 14.9 Å². The highest BCUT2D eigenvalue weighted by Gasteiger charge is 2.40. The molecule has 0 fully saturated rings. The minimum Gasteiger partial charge on any atom is -0.504 e. The van der Waals surface area contributed by atoms with E-state index in [4.69, 9.17) is 11.6 Å². The van der Waals surface area contributed by atoms with Crippen molar-refractivity contribution in [3.8, 4) is 5.75 Å². The van der Waals surface area contributed by atoms with Gasteiger partial charge in [0.15, 0.2) is 15.9 Å². The predicted octanol–water partition coefficient (Wildman–Crippen LogP) is 3.06. The van der Waals surface area contributed by atoms with Gasteiger partial charge in [-0.25, -0.2) is 9.97 Å². The van der Waals surface area contributed by atoms with Gasteiger partial charge in [0.2, 0.25) is 0 Å². The number of aromatic hydroxyl groups is 1. The third kappa shape index (κ3) is 3.63. The fraction of sp³-hybridized carbons (Fsp3) is 0.381. The Morgan fingerprint density at radius 1 is 1.28 bits per heavy atom. The Kier molecular flexibility index (Phi) is 5.46. The summed E-state index contributed by atoms with van der Waals surface area (Å²) in [6.07, 6.45) is 2.96. The largest absolute Gasteiger partial charge is 0.504 e. The smallest absolute Gasteiger partial charge is 0.275 e. The first-order valence-corrected chi connectivity index (χ1v) is 11.1. The average molecular weight is 476 g/mol. The van der Waals surface area contributed by atoms with Crippen LogP contribution in [0.5, 0.6) is 5.75 Å². The number of aromatic nitrogens is 2. The zero-order valence-corrected chi connectivity index (χ0v) is 19.5. The summed E-state index contributed by atoms with van der Waals surface area (Å²) in [5, 5.41) is 16.6. The van der Waals surface area contributed by atoms with Crippen LogP contribution < -0.4 is 21.5 Å². The molecular formula is C21H22ClN5O4S. The van der Waals surface area contributed by atoms with Crippen LogP contribution in [-0.4, -0.2) is 40.0 Å². The average Bonchev–Trinajstić information content (AvgIpc) is 3.12. The number of pyridine rings is 1. The summed E-state index contributed by atoms with van der Waals surface area (Å²) < 4.78 is 0.433. The number of hydrogen-bond acceptors (Lipinski definition) is 9. The first-order chi connectivity index (χ1) is 15.0. The molecule has 1 aliphatic rings. The van der Waals surface area contributed by atoms with Crippen LogP contribution in [0.25, 0.3) is 0 Å². The zero-order valence-electron chi connectivity index (χ0n) is 17.9. The highest BCUT2D eigenvalue weighted by atomic mass is 35.5. The van der Waals surface area contributed by atoms with E-state index in [1.54, 1.807) is 0 Å². The summed E-state index contributed by atoms with van der Waals surface area (Å²) in [6.45, 7) is 4.15. The summed E-state index contributed by atoms with van der Waals surface area (Å²) in [5.41, 5.74) is -0.590. The number of amides is 1. The van der Waals surface area contributed by atoms with Crippen molar-refractivity contribution in [1.29, 1.82) is 0 Å². The molecule has 11 heteroatoms. The lowest BCUT2D eigenvalue weighted by Gasteiger charge is -2.39. The molecule has 0 radical (unpaired) electrons. The topological polar surface area (TPSA) is 125 Å². The van der Waals surface area contributed by atoms with Crippen LogP contribution >= 0.6 is 22.9 Å². The molecule has 0 aliphatic heterocycles. The van der Waals surface area contributed by atoms with Gasteiger partial charge < -0.3 is 20.6 Å². The predicted molar refractivity (Wildman–Crippen MR) is 124 cm³/mol. The van der Waals surface area contributed by atoms with E-state index in [1.807, 2.05) is 0 Å². The Hall–Kier alpha value is -2.98. The number of aryl methyl sites for hydroxylation is 1. The van der Waals surface area contributed by atoms with E-state index in [0.717, 1.165) is 23.4 Å². The normalized spacial score (nSPS) is 17.1. The Labute approximate surface area is 192 Å². The molecule has 0 saturated heterocycles. The highest BCUT2D eigenvalue weighted by Crippen LogP contribution is 2.48. The Bertz CT molecular complexity index is 1290. The number of anilines is 3.